The van der Waals surface area contributed by atoms with Gasteiger partial charge in [0.25, 0.3) is 0 Å². The molecule has 0 amide bonds. The summed E-state index contributed by atoms with van der Waals surface area (Å²) in [5, 5.41) is 4.37. The monoisotopic (exact) mass is 202 g/mol. The molecule has 4 heteroatoms. The molecule has 0 saturated carbocycles. The van der Waals surface area contributed by atoms with E-state index in [1.807, 2.05) is 19.3 Å². The van der Waals surface area contributed by atoms with Crippen LogP contribution >= 0.6 is 0 Å². The summed E-state index contributed by atoms with van der Waals surface area (Å²) in [6, 6.07) is 3.65. The minimum atomic E-state index is 0.728. The normalized spacial score (nSPS) is 10.5. The van der Waals surface area contributed by atoms with Crippen molar-refractivity contribution in [1.82, 2.24) is 14.8 Å². The van der Waals surface area contributed by atoms with Crippen LogP contribution in [0.5, 0.6) is 0 Å². The van der Waals surface area contributed by atoms with Gasteiger partial charge in [0.1, 0.15) is 0 Å². The van der Waals surface area contributed by atoms with Gasteiger partial charge in [0.05, 0.1) is 11.4 Å². The summed E-state index contributed by atoms with van der Waals surface area (Å²) in [7, 11) is 1.91. The van der Waals surface area contributed by atoms with E-state index < -0.39 is 0 Å². The number of anilines is 1. The summed E-state index contributed by atoms with van der Waals surface area (Å²) in [4.78, 5) is 4.30. The van der Waals surface area contributed by atoms with Gasteiger partial charge >= 0.3 is 0 Å². The summed E-state index contributed by atoms with van der Waals surface area (Å²) in [5.41, 5.74) is 9.46. The van der Waals surface area contributed by atoms with Gasteiger partial charge in [0, 0.05) is 30.7 Å². The number of aromatic nitrogens is 3. The van der Waals surface area contributed by atoms with Gasteiger partial charge in [-0.2, -0.15) is 5.10 Å². The molecule has 2 aromatic heterocycles. The minimum absolute atomic E-state index is 0.728. The second kappa shape index (κ2) is 3.73. The number of nitrogen functional groups attached to an aromatic ring is 1. The third-order valence-corrected chi connectivity index (χ3v) is 2.30. The summed E-state index contributed by atoms with van der Waals surface area (Å²) in [6.07, 6.45) is 4.59. The maximum Gasteiger partial charge on any atom is 0.0756 e. The van der Waals surface area contributed by atoms with Crippen LogP contribution in [0.15, 0.2) is 24.5 Å². The molecule has 0 spiro atoms. The molecule has 0 atom stereocenters. The summed E-state index contributed by atoms with van der Waals surface area (Å²) in [5.74, 6) is 0. The molecule has 78 valence electrons. The molecular weight excluding hydrogens is 188 g/mol. The Hall–Kier alpha value is -1.84. The number of nitrogens with zero attached hydrogens (tertiary/aromatic N) is 3. The Morgan fingerprint density at radius 1 is 1.47 bits per heavy atom. The largest absolute Gasteiger partial charge is 0.399 e. The second-order valence-corrected chi connectivity index (χ2v) is 3.49. The molecule has 0 fully saturated rings. The third-order valence-electron chi connectivity index (χ3n) is 2.30. The molecule has 2 N–H and O–H groups in total. The SMILES string of the molecule is CCc1nn(C)cc1-c1cc(N)ccn1. The van der Waals surface area contributed by atoms with Crippen molar-refractivity contribution in [1.29, 1.82) is 0 Å². The molecular formula is C11H14N4. The van der Waals surface area contributed by atoms with E-state index in [4.69, 9.17) is 5.73 Å². The molecule has 2 rings (SSSR count). The van der Waals surface area contributed by atoms with Gasteiger partial charge in [-0.15, -0.1) is 0 Å². The molecule has 0 aliphatic carbocycles. The Balaban J connectivity index is 2.53. The number of aryl methyl sites for hydroxylation is 2. The molecule has 15 heavy (non-hydrogen) atoms. The highest BCUT2D eigenvalue weighted by atomic mass is 15.3. The topological polar surface area (TPSA) is 56.7 Å². The van der Waals surface area contributed by atoms with Crippen molar-refractivity contribution in [3.63, 3.8) is 0 Å². The highest BCUT2D eigenvalue weighted by Crippen LogP contribution is 2.22. The van der Waals surface area contributed by atoms with E-state index in [2.05, 4.69) is 17.0 Å². The van der Waals surface area contributed by atoms with Gasteiger partial charge in [0.15, 0.2) is 0 Å². The molecule has 0 aromatic carbocycles. The van der Waals surface area contributed by atoms with E-state index in [1.165, 1.54) is 0 Å². The lowest BCUT2D eigenvalue weighted by Crippen LogP contribution is -1.91. The Morgan fingerprint density at radius 3 is 2.93 bits per heavy atom. The zero-order valence-corrected chi connectivity index (χ0v) is 8.94. The smallest absolute Gasteiger partial charge is 0.0756 e. The molecule has 0 aliphatic rings. The number of rotatable bonds is 2. The van der Waals surface area contributed by atoms with Gasteiger partial charge in [-0.1, -0.05) is 6.92 Å². The fourth-order valence-corrected chi connectivity index (χ4v) is 1.60. The van der Waals surface area contributed by atoms with Crippen LogP contribution < -0.4 is 5.73 Å². The molecule has 0 unspecified atom stereocenters. The molecule has 0 bridgehead atoms. The summed E-state index contributed by atoms with van der Waals surface area (Å²) in [6.45, 7) is 2.08. The van der Waals surface area contributed by atoms with Gasteiger partial charge in [-0.25, -0.2) is 0 Å². The average molecular weight is 202 g/mol. The first-order valence-corrected chi connectivity index (χ1v) is 4.95. The quantitative estimate of drug-likeness (QED) is 0.805. The van der Waals surface area contributed by atoms with Crippen LogP contribution in [0.2, 0.25) is 0 Å². The Labute approximate surface area is 88.8 Å². The van der Waals surface area contributed by atoms with Crippen LogP contribution in [0.4, 0.5) is 5.69 Å². The predicted octanol–water partition coefficient (Wildman–Crippen LogP) is 1.63. The fourth-order valence-electron chi connectivity index (χ4n) is 1.60. The first-order valence-electron chi connectivity index (χ1n) is 4.95. The van der Waals surface area contributed by atoms with Crippen LogP contribution in [0.3, 0.4) is 0 Å². The van der Waals surface area contributed by atoms with E-state index in [0.717, 1.165) is 29.1 Å². The van der Waals surface area contributed by atoms with Crippen molar-refractivity contribution in [2.24, 2.45) is 7.05 Å². The molecule has 0 saturated heterocycles. The Morgan fingerprint density at radius 2 is 2.27 bits per heavy atom. The molecule has 2 aromatic rings. The van der Waals surface area contributed by atoms with Crippen LogP contribution in [-0.4, -0.2) is 14.8 Å². The van der Waals surface area contributed by atoms with Gasteiger partial charge in [0.2, 0.25) is 0 Å². The number of pyridine rings is 1. The average Bonchev–Trinajstić information content (AvgIpc) is 2.59. The highest BCUT2D eigenvalue weighted by Gasteiger charge is 2.09. The van der Waals surface area contributed by atoms with Crippen LogP contribution in [0.1, 0.15) is 12.6 Å². The van der Waals surface area contributed by atoms with Gasteiger partial charge < -0.3 is 5.73 Å². The molecule has 0 aliphatic heterocycles. The number of hydrogen-bond donors (Lipinski definition) is 1. The lowest BCUT2D eigenvalue weighted by Gasteiger charge is -2.00. The Kier molecular flexibility index (Phi) is 2.41. The fraction of sp³-hybridized carbons (Fsp3) is 0.273. The van der Waals surface area contributed by atoms with Crippen LogP contribution in [-0.2, 0) is 13.5 Å². The number of hydrogen-bond acceptors (Lipinski definition) is 3. The van der Waals surface area contributed by atoms with Crippen LogP contribution in [0.25, 0.3) is 11.3 Å². The number of nitrogens with two attached hydrogens (primary N) is 1. The van der Waals surface area contributed by atoms with Crippen molar-refractivity contribution in [2.45, 2.75) is 13.3 Å². The zero-order valence-electron chi connectivity index (χ0n) is 8.94. The van der Waals surface area contributed by atoms with Crippen molar-refractivity contribution in [3.8, 4) is 11.3 Å². The molecule has 0 radical (unpaired) electrons. The minimum Gasteiger partial charge on any atom is -0.399 e. The van der Waals surface area contributed by atoms with E-state index in [0.29, 0.717) is 0 Å². The highest BCUT2D eigenvalue weighted by molar-refractivity contribution is 5.64. The van der Waals surface area contributed by atoms with E-state index in [1.54, 1.807) is 16.9 Å². The van der Waals surface area contributed by atoms with E-state index in [-0.39, 0.29) is 0 Å². The standard InChI is InChI=1S/C11H14N4/c1-3-10-9(7-15(2)14-10)11-6-8(12)4-5-13-11/h4-7H,3H2,1-2H3,(H2,12,13). The van der Waals surface area contributed by atoms with Crippen molar-refractivity contribution in [2.75, 3.05) is 5.73 Å². The van der Waals surface area contributed by atoms with Crippen molar-refractivity contribution in [3.05, 3.63) is 30.2 Å². The van der Waals surface area contributed by atoms with Gasteiger partial charge in [-0.05, 0) is 18.6 Å². The summed E-state index contributed by atoms with van der Waals surface area (Å²) >= 11 is 0. The summed E-state index contributed by atoms with van der Waals surface area (Å²) < 4.78 is 1.80. The molecule has 2 heterocycles. The zero-order chi connectivity index (χ0) is 10.8. The van der Waals surface area contributed by atoms with E-state index in [9.17, 15) is 0 Å². The Bertz CT molecular complexity index is 473. The maximum atomic E-state index is 5.73. The van der Waals surface area contributed by atoms with Crippen molar-refractivity contribution >= 4 is 5.69 Å². The lowest BCUT2D eigenvalue weighted by molar-refractivity contribution is 0.746. The first-order chi connectivity index (χ1) is 7.20. The van der Waals surface area contributed by atoms with Crippen molar-refractivity contribution < 1.29 is 0 Å². The van der Waals surface area contributed by atoms with Crippen LogP contribution in [0, 0.1) is 0 Å². The maximum absolute atomic E-state index is 5.73. The first kappa shape index (κ1) is 9.71. The molecule has 4 nitrogen and oxygen atoms in total. The second-order valence-electron chi connectivity index (χ2n) is 3.49. The predicted molar refractivity (Wildman–Crippen MR) is 60.2 cm³/mol. The van der Waals surface area contributed by atoms with Gasteiger partial charge in [-0.3, -0.25) is 9.67 Å². The van der Waals surface area contributed by atoms with E-state index >= 15 is 0 Å². The lowest BCUT2D eigenvalue weighted by atomic mass is 10.1. The third kappa shape index (κ3) is 1.83.